The number of hydrogen-bond donors (Lipinski definition) is 3. The first-order chi connectivity index (χ1) is 10.5. The topological polar surface area (TPSA) is 121 Å². The molecule has 3 N–H and O–H groups in total. The number of nitro groups is 1. The molecule has 0 saturated carbocycles. The molecule has 2 heterocycles. The van der Waals surface area contributed by atoms with Crippen molar-refractivity contribution >= 4 is 22.9 Å². The summed E-state index contributed by atoms with van der Waals surface area (Å²) in [4.78, 5) is 22.6. The molecule has 9 heteroatoms. The summed E-state index contributed by atoms with van der Waals surface area (Å²) >= 11 is 1.43. The summed E-state index contributed by atoms with van der Waals surface area (Å²) in [5.74, 6) is -0.681. The number of aliphatic hydroxyl groups is 1. The molecule has 0 aliphatic rings. The summed E-state index contributed by atoms with van der Waals surface area (Å²) in [6.07, 6.45) is 0.276. The fraction of sp³-hybridized carbons (Fsp3) is 0.385. The molecule has 1 amide bonds. The van der Waals surface area contributed by atoms with Crippen LogP contribution in [0.1, 0.15) is 41.2 Å². The Balaban J connectivity index is 2.08. The molecule has 0 fully saturated rings. The average molecular weight is 324 g/mol. The van der Waals surface area contributed by atoms with Crippen molar-refractivity contribution in [2.24, 2.45) is 0 Å². The molecule has 0 radical (unpaired) electrons. The molecule has 0 aliphatic carbocycles. The van der Waals surface area contributed by atoms with Crippen LogP contribution in [0.5, 0.6) is 0 Å². The van der Waals surface area contributed by atoms with Crippen molar-refractivity contribution in [2.45, 2.75) is 25.9 Å². The van der Waals surface area contributed by atoms with Gasteiger partial charge in [-0.25, -0.2) is 0 Å². The van der Waals surface area contributed by atoms with Crippen LogP contribution < -0.4 is 5.32 Å². The van der Waals surface area contributed by atoms with Crippen LogP contribution in [0.3, 0.4) is 0 Å². The number of thiophene rings is 1. The van der Waals surface area contributed by atoms with Gasteiger partial charge in [-0.15, -0.1) is 0 Å². The molecule has 0 aromatic carbocycles. The van der Waals surface area contributed by atoms with Crippen molar-refractivity contribution in [2.75, 3.05) is 6.54 Å². The number of aryl methyl sites for hydroxylation is 1. The fourth-order valence-corrected chi connectivity index (χ4v) is 2.71. The summed E-state index contributed by atoms with van der Waals surface area (Å²) in [5.41, 5.74) is 0.458. The Morgan fingerprint density at radius 2 is 2.41 bits per heavy atom. The Morgan fingerprint density at radius 1 is 1.64 bits per heavy atom. The van der Waals surface area contributed by atoms with Crippen LogP contribution in [-0.4, -0.2) is 32.7 Å². The van der Waals surface area contributed by atoms with E-state index in [1.165, 1.54) is 11.3 Å². The Kier molecular flexibility index (Phi) is 5.23. The van der Waals surface area contributed by atoms with Gasteiger partial charge in [-0.1, -0.05) is 13.3 Å². The number of carbonyl (C=O) groups is 1. The summed E-state index contributed by atoms with van der Waals surface area (Å²) in [6.45, 7) is 1.84. The maximum Gasteiger partial charge on any atom is 0.322 e. The van der Waals surface area contributed by atoms with E-state index in [0.29, 0.717) is 24.1 Å². The molecule has 0 spiro atoms. The highest BCUT2D eigenvalue weighted by Crippen LogP contribution is 2.22. The van der Waals surface area contributed by atoms with Crippen molar-refractivity contribution in [3.63, 3.8) is 0 Å². The van der Waals surface area contributed by atoms with E-state index in [1.807, 2.05) is 12.3 Å². The molecule has 0 bridgehead atoms. The molecule has 1 atom stereocenters. The number of rotatable bonds is 7. The van der Waals surface area contributed by atoms with Crippen LogP contribution in [0, 0.1) is 10.1 Å². The highest BCUT2D eigenvalue weighted by atomic mass is 32.1. The van der Waals surface area contributed by atoms with Gasteiger partial charge >= 0.3 is 5.69 Å². The highest BCUT2D eigenvalue weighted by molar-refractivity contribution is 7.07. The minimum absolute atomic E-state index is 0.0390. The van der Waals surface area contributed by atoms with E-state index in [0.717, 1.165) is 0 Å². The number of aromatic amines is 1. The van der Waals surface area contributed by atoms with Gasteiger partial charge in [-0.3, -0.25) is 20.0 Å². The van der Waals surface area contributed by atoms with Crippen molar-refractivity contribution < 1.29 is 14.8 Å². The minimum atomic E-state index is -0.858. The van der Waals surface area contributed by atoms with Gasteiger partial charge in [0.25, 0.3) is 5.91 Å². The lowest BCUT2D eigenvalue weighted by Crippen LogP contribution is -2.29. The predicted molar refractivity (Wildman–Crippen MR) is 80.8 cm³/mol. The SMILES string of the molecule is CCCc1[nH]nc(C(=O)NCC(O)c2ccsc2)c1[N+](=O)[O-]. The fourth-order valence-electron chi connectivity index (χ4n) is 2.01. The quantitative estimate of drug-likeness (QED) is 0.529. The number of carbonyl (C=O) groups excluding carboxylic acids is 1. The van der Waals surface area contributed by atoms with Gasteiger partial charge in [-0.05, 0) is 28.8 Å². The number of aromatic nitrogens is 2. The standard InChI is InChI=1S/C13H16N4O4S/c1-2-3-9-12(17(20)21)11(16-15-9)13(19)14-6-10(18)8-4-5-22-7-8/h4-5,7,10,18H,2-3,6H2,1H3,(H,14,19)(H,15,16). The maximum absolute atomic E-state index is 12.1. The predicted octanol–water partition coefficient (Wildman–Crippen LogP) is 1.80. The van der Waals surface area contributed by atoms with E-state index in [4.69, 9.17) is 0 Å². The minimum Gasteiger partial charge on any atom is -0.387 e. The molecule has 8 nitrogen and oxygen atoms in total. The molecule has 2 rings (SSSR count). The molecular formula is C13H16N4O4S. The van der Waals surface area contributed by atoms with E-state index >= 15 is 0 Å². The number of nitrogens with one attached hydrogen (secondary N) is 2. The second kappa shape index (κ2) is 7.14. The average Bonchev–Trinajstić information content (AvgIpc) is 3.13. The Morgan fingerprint density at radius 3 is 3.00 bits per heavy atom. The number of hydrogen-bond acceptors (Lipinski definition) is 6. The van der Waals surface area contributed by atoms with Gasteiger partial charge in [0.2, 0.25) is 5.69 Å². The summed E-state index contributed by atoms with van der Waals surface area (Å²) < 4.78 is 0. The van der Waals surface area contributed by atoms with Crippen LogP contribution in [0.4, 0.5) is 5.69 Å². The van der Waals surface area contributed by atoms with Gasteiger partial charge in [0, 0.05) is 6.54 Å². The van der Waals surface area contributed by atoms with Gasteiger partial charge in [0.15, 0.2) is 0 Å². The third kappa shape index (κ3) is 3.49. The van der Waals surface area contributed by atoms with Crippen LogP contribution >= 0.6 is 11.3 Å². The summed E-state index contributed by atoms with van der Waals surface area (Å²) in [6, 6.07) is 1.75. The smallest absolute Gasteiger partial charge is 0.322 e. The second-order valence-electron chi connectivity index (χ2n) is 4.69. The van der Waals surface area contributed by atoms with Gasteiger partial charge in [0.05, 0.1) is 11.0 Å². The van der Waals surface area contributed by atoms with Crippen molar-refractivity contribution in [1.29, 1.82) is 0 Å². The molecule has 0 saturated heterocycles. The lowest BCUT2D eigenvalue weighted by molar-refractivity contribution is -0.385. The third-order valence-corrected chi connectivity index (χ3v) is 3.80. The molecular weight excluding hydrogens is 308 g/mol. The summed E-state index contributed by atoms with van der Waals surface area (Å²) in [7, 11) is 0. The molecule has 0 aliphatic heterocycles. The highest BCUT2D eigenvalue weighted by Gasteiger charge is 2.28. The van der Waals surface area contributed by atoms with Crippen LogP contribution in [0.25, 0.3) is 0 Å². The largest absolute Gasteiger partial charge is 0.387 e. The second-order valence-corrected chi connectivity index (χ2v) is 5.47. The van der Waals surface area contributed by atoms with Gasteiger partial charge in [0.1, 0.15) is 5.69 Å². The molecule has 118 valence electrons. The number of aliphatic hydroxyl groups excluding tert-OH is 1. The first kappa shape index (κ1) is 16.1. The molecule has 2 aromatic heterocycles. The van der Waals surface area contributed by atoms with Gasteiger partial charge < -0.3 is 10.4 Å². The van der Waals surface area contributed by atoms with E-state index in [-0.39, 0.29) is 17.9 Å². The molecule has 1 unspecified atom stereocenters. The van der Waals surface area contributed by atoms with E-state index in [9.17, 15) is 20.0 Å². The first-order valence-electron chi connectivity index (χ1n) is 6.74. The van der Waals surface area contributed by atoms with Crippen molar-refractivity contribution in [3.05, 3.63) is 43.9 Å². The Hall–Kier alpha value is -2.26. The zero-order chi connectivity index (χ0) is 16.1. The van der Waals surface area contributed by atoms with Crippen LogP contribution in [0.15, 0.2) is 16.8 Å². The maximum atomic E-state index is 12.1. The number of amides is 1. The number of nitrogens with zero attached hydrogens (tertiary/aromatic N) is 2. The van der Waals surface area contributed by atoms with E-state index in [2.05, 4.69) is 15.5 Å². The van der Waals surface area contributed by atoms with Crippen LogP contribution in [0.2, 0.25) is 0 Å². The summed E-state index contributed by atoms with van der Waals surface area (Å²) in [5, 5.41) is 33.4. The van der Waals surface area contributed by atoms with E-state index < -0.39 is 16.9 Å². The van der Waals surface area contributed by atoms with Crippen molar-refractivity contribution in [1.82, 2.24) is 15.5 Å². The normalized spacial score (nSPS) is 12.1. The zero-order valence-electron chi connectivity index (χ0n) is 11.9. The first-order valence-corrected chi connectivity index (χ1v) is 7.68. The Labute approximate surface area is 130 Å². The molecule has 2 aromatic rings. The lowest BCUT2D eigenvalue weighted by Gasteiger charge is -2.09. The van der Waals surface area contributed by atoms with Crippen LogP contribution in [-0.2, 0) is 6.42 Å². The van der Waals surface area contributed by atoms with E-state index in [1.54, 1.807) is 11.4 Å². The monoisotopic (exact) mass is 324 g/mol. The lowest BCUT2D eigenvalue weighted by atomic mass is 10.2. The Bertz CT molecular complexity index is 653. The number of H-pyrrole nitrogens is 1. The third-order valence-electron chi connectivity index (χ3n) is 3.09. The van der Waals surface area contributed by atoms with Gasteiger partial charge in [-0.2, -0.15) is 16.4 Å². The zero-order valence-corrected chi connectivity index (χ0v) is 12.7. The van der Waals surface area contributed by atoms with Crippen molar-refractivity contribution in [3.8, 4) is 0 Å². The molecule has 22 heavy (non-hydrogen) atoms.